The molecular formula is C23H20ClN3O5. The zero-order valence-corrected chi connectivity index (χ0v) is 17.9. The Kier molecular flexibility index (Phi) is 7.77. The van der Waals surface area contributed by atoms with Crippen LogP contribution >= 0.6 is 11.6 Å². The summed E-state index contributed by atoms with van der Waals surface area (Å²) in [6.07, 6.45) is 0.479. The number of ether oxygens (including phenoxy) is 2. The highest BCUT2D eigenvalue weighted by molar-refractivity contribution is 6.30. The number of nitro groups is 1. The molecule has 3 aromatic carbocycles. The fourth-order valence-corrected chi connectivity index (χ4v) is 2.77. The van der Waals surface area contributed by atoms with Crippen molar-refractivity contribution in [2.24, 2.45) is 5.10 Å². The van der Waals surface area contributed by atoms with Crippen LogP contribution in [0.5, 0.6) is 11.5 Å². The molecule has 0 aliphatic carbocycles. The second-order valence-electron chi connectivity index (χ2n) is 6.71. The predicted molar refractivity (Wildman–Crippen MR) is 121 cm³/mol. The van der Waals surface area contributed by atoms with Gasteiger partial charge in [-0.25, -0.2) is 5.43 Å². The number of rotatable bonds is 9. The van der Waals surface area contributed by atoms with Crippen LogP contribution in [0.1, 0.15) is 18.1 Å². The fraction of sp³-hybridized carbons (Fsp3) is 0.130. The average molecular weight is 454 g/mol. The van der Waals surface area contributed by atoms with Gasteiger partial charge < -0.3 is 9.47 Å². The lowest BCUT2D eigenvalue weighted by molar-refractivity contribution is -0.386. The second-order valence-corrected chi connectivity index (χ2v) is 7.14. The molecule has 3 aromatic rings. The van der Waals surface area contributed by atoms with Gasteiger partial charge in [-0.05, 0) is 48.4 Å². The topological polar surface area (TPSA) is 103 Å². The van der Waals surface area contributed by atoms with Crippen molar-refractivity contribution in [1.29, 1.82) is 0 Å². The second kappa shape index (κ2) is 10.9. The molecular weight excluding hydrogens is 434 g/mol. The monoisotopic (exact) mass is 453 g/mol. The standard InChI is InChI=1S/C23H20ClN3O5/c1-16(32-22-8-3-2-7-21(22)27(29)30)23(28)26-25-14-18-5-4-6-20(13-18)31-15-17-9-11-19(24)12-10-17/h2-14,16H,15H2,1H3,(H,26,28)/b25-14-/t16-/m0/s1. The molecule has 0 aliphatic heterocycles. The first-order valence-electron chi connectivity index (χ1n) is 9.62. The Hall–Kier alpha value is -3.91. The Morgan fingerprint density at radius 1 is 1.16 bits per heavy atom. The SMILES string of the molecule is C[C@H](Oc1ccccc1[N+](=O)[O-])C(=O)N/N=C\c1cccc(OCc2ccc(Cl)cc2)c1. The highest BCUT2D eigenvalue weighted by atomic mass is 35.5. The molecule has 0 saturated carbocycles. The van der Waals surface area contributed by atoms with Gasteiger partial charge in [0.15, 0.2) is 11.9 Å². The van der Waals surface area contributed by atoms with Gasteiger partial charge in [-0.15, -0.1) is 0 Å². The number of hydrogen-bond donors (Lipinski definition) is 1. The van der Waals surface area contributed by atoms with E-state index in [9.17, 15) is 14.9 Å². The minimum Gasteiger partial charge on any atom is -0.489 e. The minimum atomic E-state index is -0.984. The molecule has 8 nitrogen and oxygen atoms in total. The number of carbonyl (C=O) groups excluding carboxylic acids is 1. The van der Waals surface area contributed by atoms with Gasteiger partial charge in [0.25, 0.3) is 5.91 Å². The number of halogens is 1. The van der Waals surface area contributed by atoms with Crippen LogP contribution in [-0.2, 0) is 11.4 Å². The molecule has 32 heavy (non-hydrogen) atoms. The van der Waals surface area contributed by atoms with Crippen LogP contribution in [0.3, 0.4) is 0 Å². The van der Waals surface area contributed by atoms with E-state index in [0.717, 1.165) is 5.56 Å². The minimum absolute atomic E-state index is 0.00895. The van der Waals surface area contributed by atoms with E-state index < -0.39 is 16.9 Å². The molecule has 0 bridgehead atoms. The Labute approximate surface area is 189 Å². The van der Waals surface area contributed by atoms with Crippen molar-refractivity contribution >= 4 is 29.4 Å². The van der Waals surface area contributed by atoms with E-state index in [0.29, 0.717) is 22.9 Å². The molecule has 0 aromatic heterocycles. The van der Waals surface area contributed by atoms with Crippen LogP contribution in [0, 0.1) is 10.1 Å². The molecule has 0 fully saturated rings. The molecule has 1 atom stereocenters. The van der Waals surface area contributed by atoms with Crippen LogP contribution in [0.2, 0.25) is 5.02 Å². The number of hydrogen-bond acceptors (Lipinski definition) is 6. The quantitative estimate of drug-likeness (QED) is 0.286. The third-order valence-electron chi connectivity index (χ3n) is 4.30. The van der Waals surface area contributed by atoms with Crippen molar-refractivity contribution in [2.45, 2.75) is 19.6 Å². The Morgan fingerprint density at radius 3 is 2.66 bits per heavy atom. The molecule has 164 valence electrons. The largest absolute Gasteiger partial charge is 0.489 e. The first-order chi connectivity index (χ1) is 15.4. The van der Waals surface area contributed by atoms with Gasteiger partial charge in [0.05, 0.1) is 11.1 Å². The Morgan fingerprint density at radius 2 is 1.91 bits per heavy atom. The Balaban J connectivity index is 1.54. The van der Waals surface area contributed by atoms with Crippen molar-refractivity contribution in [1.82, 2.24) is 5.43 Å². The van der Waals surface area contributed by atoms with E-state index >= 15 is 0 Å². The number of nitrogens with one attached hydrogen (secondary N) is 1. The molecule has 0 heterocycles. The summed E-state index contributed by atoms with van der Waals surface area (Å²) in [5.74, 6) is 0.104. The highest BCUT2D eigenvalue weighted by Gasteiger charge is 2.20. The first-order valence-corrected chi connectivity index (χ1v) is 10.0. The average Bonchev–Trinajstić information content (AvgIpc) is 2.79. The first kappa shape index (κ1) is 22.8. The summed E-state index contributed by atoms with van der Waals surface area (Å²) in [4.78, 5) is 22.7. The van der Waals surface area contributed by atoms with Crippen LogP contribution in [0.4, 0.5) is 5.69 Å². The normalized spacial score (nSPS) is 11.7. The van der Waals surface area contributed by atoms with Gasteiger partial charge in [0, 0.05) is 11.1 Å². The molecule has 0 aliphatic rings. The molecule has 0 radical (unpaired) electrons. The molecule has 1 N–H and O–H groups in total. The maximum absolute atomic E-state index is 12.2. The smallest absolute Gasteiger partial charge is 0.310 e. The zero-order chi connectivity index (χ0) is 22.9. The molecule has 0 spiro atoms. The van der Waals surface area contributed by atoms with Crippen molar-refractivity contribution in [3.8, 4) is 11.5 Å². The predicted octanol–water partition coefficient (Wildman–Crippen LogP) is 4.74. The zero-order valence-electron chi connectivity index (χ0n) is 17.1. The van der Waals surface area contributed by atoms with Crippen molar-refractivity contribution in [3.63, 3.8) is 0 Å². The summed E-state index contributed by atoms with van der Waals surface area (Å²) in [6.45, 7) is 1.86. The van der Waals surface area contributed by atoms with Gasteiger partial charge in [0.2, 0.25) is 0 Å². The summed E-state index contributed by atoms with van der Waals surface area (Å²) >= 11 is 5.88. The van der Waals surface area contributed by atoms with Crippen LogP contribution < -0.4 is 14.9 Å². The van der Waals surface area contributed by atoms with E-state index in [1.54, 1.807) is 36.4 Å². The van der Waals surface area contributed by atoms with E-state index in [2.05, 4.69) is 10.5 Å². The number of nitro benzene ring substituents is 1. The van der Waals surface area contributed by atoms with Gasteiger partial charge in [0.1, 0.15) is 12.4 Å². The summed E-state index contributed by atoms with van der Waals surface area (Å²) in [5.41, 5.74) is 3.84. The van der Waals surface area contributed by atoms with Gasteiger partial charge in [-0.1, -0.05) is 48.0 Å². The van der Waals surface area contributed by atoms with Gasteiger partial charge in [-0.3, -0.25) is 14.9 Å². The third kappa shape index (κ3) is 6.55. The number of nitrogens with zero attached hydrogens (tertiary/aromatic N) is 2. The third-order valence-corrected chi connectivity index (χ3v) is 4.55. The summed E-state index contributed by atoms with van der Waals surface area (Å²) in [6, 6.07) is 20.4. The van der Waals surface area contributed by atoms with Crippen molar-refractivity contribution < 1.29 is 19.2 Å². The highest BCUT2D eigenvalue weighted by Crippen LogP contribution is 2.26. The lowest BCUT2D eigenvalue weighted by atomic mass is 10.2. The Bertz CT molecular complexity index is 1120. The van der Waals surface area contributed by atoms with E-state index in [1.807, 2.05) is 18.2 Å². The lowest BCUT2D eigenvalue weighted by Crippen LogP contribution is -2.33. The van der Waals surface area contributed by atoms with Gasteiger partial charge in [-0.2, -0.15) is 5.10 Å². The van der Waals surface area contributed by atoms with Crippen molar-refractivity contribution in [3.05, 3.63) is 99.1 Å². The number of benzene rings is 3. The van der Waals surface area contributed by atoms with E-state index in [-0.39, 0.29) is 11.4 Å². The fourth-order valence-electron chi connectivity index (χ4n) is 2.64. The molecule has 0 saturated heterocycles. The maximum Gasteiger partial charge on any atom is 0.310 e. The summed E-state index contributed by atoms with van der Waals surface area (Å²) in [5, 5.41) is 15.6. The summed E-state index contributed by atoms with van der Waals surface area (Å²) < 4.78 is 11.2. The van der Waals surface area contributed by atoms with E-state index in [4.69, 9.17) is 21.1 Å². The van der Waals surface area contributed by atoms with E-state index in [1.165, 1.54) is 31.3 Å². The molecule has 3 rings (SSSR count). The summed E-state index contributed by atoms with van der Waals surface area (Å²) in [7, 11) is 0. The number of para-hydroxylation sites is 2. The number of hydrazone groups is 1. The van der Waals surface area contributed by atoms with Gasteiger partial charge >= 0.3 is 5.69 Å². The van der Waals surface area contributed by atoms with Crippen LogP contribution in [0.25, 0.3) is 0 Å². The molecule has 0 unspecified atom stereocenters. The van der Waals surface area contributed by atoms with Crippen molar-refractivity contribution in [2.75, 3.05) is 0 Å². The number of amides is 1. The molecule has 9 heteroatoms. The maximum atomic E-state index is 12.2. The lowest BCUT2D eigenvalue weighted by Gasteiger charge is -2.12. The van der Waals surface area contributed by atoms with Crippen LogP contribution in [-0.4, -0.2) is 23.1 Å². The molecule has 1 amide bonds. The number of carbonyl (C=O) groups is 1. The van der Waals surface area contributed by atoms with Crippen LogP contribution in [0.15, 0.2) is 77.9 Å².